The van der Waals surface area contributed by atoms with Gasteiger partial charge in [-0.15, -0.1) is 0 Å². The number of halogens is 1. The zero-order valence-electron chi connectivity index (χ0n) is 14.9. The van der Waals surface area contributed by atoms with Gasteiger partial charge in [0.05, 0.1) is 13.1 Å². The minimum atomic E-state index is -0.213. The second kappa shape index (κ2) is 6.33. The van der Waals surface area contributed by atoms with E-state index in [0.29, 0.717) is 6.04 Å². The van der Waals surface area contributed by atoms with E-state index in [1.807, 2.05) is 0 Å². The lowest BCUT2D eigenvalue weighted by Gasteiger charge is -2.42. The predicted molar refractivity (Wildman–Crippen MR) is 108 cm³/mol. The van der Waals surface area contributed by atoms with Gasteiger partial charge >= 0.3 is 0 Å². The Hall–Kier alpha value is -1.42. The van der Waals surface area contributed by atoms with Crippen LogP contribution in [-0.4, -0.2) is 30.3 Å². The molecule has 3 heteroatoms. The van der Waals surface area contributed by atoms with Crippen LogP contribution in [0.25, 0.3) is 6.08 Å². The molecule has 0 amide bonds. The lowest BCUT2D eigenvalue weighted by molar-refractivity contribution is -0.935. The van der Waals surface area contributed by atoms with Crippen molar-refractivity contribution in [3.63, 3.8) is 0 Å². The van der Waals surface area contributed by atoms with Gasteiger partial charge in [0.1, 0.15) is 12.1 Å². The van der Waals surface area contributed by atoms with Crippen molar-refractivity contribution >= 4 is 22.0 Å². The summed E-state index contributed by atoms with van der Waals surface area (Å²) in [6, 6.07) is 15.7. The van der Waals surface area contributed by atoms with Crippen LogP contribution >= 0.6 is 15.9 Å². The molecule has 2 atom stereocenters. The molecule has 2 aliphatic carbocycles. The lowest BCUT2D eigenvalue weighted by atomic mass is 9.73. The fourth-order valence-corrected chi connectivity index (χ4v) is 5.74. The first kappa shape index (κ1) is 16.7. The molecular formula is C23H25BrNO+. The number of piperidine rings is 1. The number of fused-ring (bicyclic) bond motifs is 3. The van der Waals surface area contributed by atoms with Crippen molar-refractivity contribution in [3.05, 3.63) is 75.3 Å². The van der Waals surface area contributed by atoms with Crippen LogP contribution in [0.4, 0.5) is 0 Å². The van der Waals surface area contributed by atoms with E-state index in [4.69, 9.17) is 0 Å². The van der Waals surface area contributed by atoms with Crippen molar-refractivity contribution in [2.45, 2.75) is 43.2 Å². The van der Waals surface area contributed by atoms with Gasteiger partial charge < -0.3 is 10.0 Å². The van der Waals surface area contributed by atoms with E-state index in [9.17, 15) is 5.11 Å². The van der Waals surface area contributed by atoms with Crippen molar-refractivity contribution < 1.29 is 10.0 Å². The molecule has 1 aliphatic heterocycles. The quantitative estimate of drug-likeness (QED) is 0.741. The average Bonchev–Trinajstić information content (AvgIpc) is 3.00. The summed E-state index contributed by atoms with van der Waals surface area (Å²) in [6.07, 6.45) is 8.70. The largest absolute Gasteiger partial charge is 0.387 e. The lowest BCUT2D eigenvalue weighted by Crippen LogP contribution is -3.18. The molecule has 3 aliphatic rings. The summed E-state index contributed by atoms with van der Waals surface area (Å²) >= 11 is 3.65. The third kappa shape index (κ3) is 2.69. The highest BCUT2D eigenvalue weighted by Crippen LogP contribution is 2.43. The van der Waals surface area contributed by atoms with Crippen molar-refractivity contribution in [1.29, 1.82) is 0 Å². The Labute approximate surface area is 163 Å². The van der Waals surface area contributed by atoms with Gasteiger partial charge in [-0.2, -0.15) is 0 Å². The number of nitrogens with one attached hydrogen (secondary N) is 1. The Morgan fingerprint density at radius 3 is 2.50 bits per heavy atom. The normalized spacial score (nSPS) is 32.5. The standard InChI is InChI=1S/C23H24BrNO/c24-19-6-5-16-7-8-23(20(16)15-19)9-11-25(12-10-23)21-13-17-3-1-2-4-18(17)14-22(21)26/h1-8,15,21-22,26H,9-14H2/p+1/t21-,22-/m1/s1. The second-order valence-corrected chi connectivity index (χ2v) is 9.15. The summed E-state index contributed by atoms with van der Waals surface area (Å²) in [6.45, 7) is 2.28. The molecule has 26 heavy (non-hydrogen) atoms. The molecule has 1 fully saturated rings. The molecule has 2 N–H and O–H groups in total. The van der Waals surface area contributed by atoms with Gasteiger partial charge in [0.15, 0.2) is 0 Å². The van der Waals surface area contributed by atoms with Crippen LogP contribution < -0.4 is 4.90 Å². The van der Waals surface area contributed by atoms with E-state index in [2.05, 4.69) is 70.5 Å². The van der Waals surface area contributed by atoms with Crippen molar-refractivity contribution in [2.75, 3.05) is 13.1 Å². The Morgan fingerprint density at radius 2 is 1.73 bits per heavy atom. The summed E-state index contributed by atoms with van der Waals surface area (Å²) in [5, 5.41) is 10.8. The highest BCUT2D eigenvalue weighted by atomic mass is 79.9. The summed E-state index contributed by atoms with van der Waals surface area (Å²) in [4.78, 5) is 1.59. The summed E-state index contributed by atoms with van der Waals surface area (Å²) in [7, 11) is 0. The van der Waals surface area contributed by atoms with Gasteiger partial charge in [-0.25, -0.2) is 0 Å². The molecule has 0 radical (unpaired) electrons. The van der Waals surface area contributed by atoms with E-state index >= 15 is 0 Å². The molecule has 2 aromatic rings. The molecule has 1 spiro atoms. The van der Waals surface area contributed by atoms with E-state index < -0.39 is 0 Å². The number of benzene rings is 2. The minimum absolute atomic E-state index is 0.208. The molecule has 2 aromatic carbocycles. The molecule has 0 unspecified atom stereocenters. The molecule has 134 valence electrons. The predicted octanol–water partition coefficient (Wildman–Crippen LogP) is 2.92. The zero-order valence-corrected chi connectivity index (χ0v) is 16.5. The van der Waals surface area contributed by atoms with Gasteiger partial charge in [0.25, 0.3) is 0 Å². The maximum Gasteiger partial charge on any atom is 0.118 e. The molecule has 5 rings (SSSR count). The van der Waals surface area contributed by atoms with Crippen LogP contribution in [0.15, 0.2) is 53.0 Å². The topological polar surface area (TPSA) is 24.7 Å². The number of aliphatic hydroxyl groups is 1. The molecular weight excluding hydrogens is 386 g/mol. The van der Waals surface area contributed by atoms with Crippen molar-refractivity contribution in [3.8, 4) is 0 Å². The molecule has 2 nitrogen and oxygen atoms in total. The molecule has 0 bridgehead atoms. The smallest absolute Gasteiger partial charge is 0.118 e. The van der Waals surface area contributed by atoms with E-state index in [0.717, 1.165) is 25.9 Å². The molecule has 1 heterocycles. The van der Waals surface area contributed by atoms with Gasteiger partial charge in [-0.1, -0.05) is 58.4 Å². The van der Waals surface area contributed by atoms with E-state index in [1.165, 1.54) is 39.6 Å². The average molecular weight is 411 g/mol. The fraction of sp³-hybridized carbons (Fsp3) is 0.391. The highest BCUT2D eigenvalue weighted by Gasteiger charge is 2.43. The number of quaternary nitrogens is 1. The minimum Gasteiger partial charge on any atom is -0.387 e. The maximum atomic E-state index is 10.8. The Balaban J connectivity index is 1.35. The Morgan fingerprint density at radius 1 is 1.00 bits per heavy atom. The monoisotopic (exact) mass is 410 g/mol. The van der Waals surface area contributed by atoms with Crippen LogP contribution in [0.2, 0.25) is 0 Å². The van der Waals surface area contributed by atoms with Gasteiger partial charge in [-0.3, -0.25) is 0 Å². The van der Waals surface area contributed by atoms with Crippen molar-refractivity contribution in [2.24, 2.45) is 0 Å². The van der Waals surface area contributed by atoms with Crippen LogP contribution in [0.5, 0.6) is 0 Å². The molecule has 0 saturated carbocycles. The van der Waals surface area contributed by atoms with Crippen LogP contribution in [0.1, 0.15) is 35.1 Å². The first-order valence-electron chi connectivity index (χ1n) is 9.73. The SMILES string of the molecule is O[C@@H]1Cc2ccccc2C[C@H]1[NH+]1CCC2(C=Cc3ccc(Br)cc32)CC1. The molecule has 1 saturated heterocycles. The number of allylic oxidation sites excluding steroid dienone is 1. The zero-order chi connectivity index (χ0) is 17.7. The third-order valence-electron chi connectivity index (χ3n) is 6.89. The summed E-state index contributed by atoms with van der Waals surface area (Å²) < 4.78 is 1.17. The number of aliphatic hydroxyl groups excluding tert-OH is 1. The number of likely N-dealkylation sites (tertiary alicyclic amines) is 1. The van der Waals surface area contributed by atoms with Gasteiger partial charge in [-0.05, 0) is 34.4 Å². The second-order valence-electron chi connectivity index (χ2n) is 8.23. The van der Waals surface area contributed by atoms with E-state index in [-0.39, 0.29) is 11.5 Å². The first-order chi connectivity index (χ1) is 12.6. The summed E-state index contributed by atoms with van der Waals surface area (Å²) in [5.41, 5.74) is 5.84. The van der Waals surface area contributed by atoms with Gasteiger partial charge in [0, 0.05) is 35.6 Å². The fourth-order valence-electron chi connectivity index (χ4n) is 5.38. The van der Waals surface area contributed by atoms with E-state index in [1.54, 1.807) is 4.90 Å². The van der Waals surface area contributed by atoms with Gasteiger partial charge in [0.2, 0.25) is 0 Å². The highest BCUT2D eigenvalue weighted by molar-refractivity contribution is 9.10. The van der Waals surface area contributed by atoms with Crippen molar-refractivity contribution in [1.82, 2.24) is 0 Å². The number of hydrogen-bond donors (Lipinski definition) is 2. The maximum absolute atomic E-state index is 10.8. The summed E-state index contributed by atoms with van der Waals surface area (Å²) in [5.74, 6) is 0. The van der Waals surface area contributed by atoms with Crippen LogP contribution in [0, 0.1) is 0 Å². The van der Waals surface area contributed by atoms with Crippen LogP contribution in [0.3, 0.4) is 0 Å². The third-order valence-corrected chi connectivity index (χ3v) is 7.39. The number of hydrogen-bond acceptors (Lipinski definition) is 1. The first-order valence-corrected chi connectivity index (χ1v) is 10.5. The molecule has 0 aromatic heterocycles. The Bertz CT molecular complexity index is 866. The number of rotatable bonds is 1. The van der Waals surface area contributed by atoms with Crippen LogP contribution in [-0.2, 0) is 18.3 Å². The Kier molecular flexibility index (Phi) is 4.07.